The van der Waals surface area contributed by atoms with Crippen LogP contribution in [0.1, 0.15) is 27.2 Å². The van der Waals surface area contributed by atoms with Crippen molar-refractivity contribution in [3.63, 3.8) is 0 Å². The van der Waals surface area contributed by atoms with Gasteiger partial charge >= 0.3 is 0 Å². The standard InChI is InChI=1S/C9H14O3/c1-4-8(10)7-5-11-9(2,3)12-6-7/h5H,4,6H2,1-3H3. The number of Topliss-reactive ketones (excluding diaryl/α,β-unsaturated/α-hetero) is 1. The topological polar surface area (TPSA) is 35.5 Å². The zero-order chi connectivity index (χ0) is 9.19. The summed E-state index contributed by atoms with van der Waals surface area (Å²) in [5, 5.41) is 0. The monoisotopic (exact) mass is 170 g/mol. The number of rotatable bonds is 2. The highest BCUT2D eigenvalue weighted by molar-refractivity contribution is 5.95. The van der Waals surface area contributed by atoms with Crippen LogP contribution in [0.15, 0.2) is 11.8 Å². The average Bonchev–Trinajstić information content (AvgIpc) is 2.03. The Morgan fingerprint density at radius 1 is 1.67 bits per heavy atom. The molecular weight excluding hydrogens is 156 g/mol. The van der Waals surface area contributed by atoms with E-state index in [1.807, 2.05) is 20.8 Å². The van der Waals surface area contributed by atoms with Crippen LogP contribution in [0.2, 0.25) is 0 Å². The van der Waals surface area contributed by atoms with Crippen LogP contribution in [0.25, 0.3) is 0 Å². The molecule has 3 nitrogen and oxygen atoms in total. The van der Waals surface area contributed by atoms with E-state index in [-0.39, 0.29) is 5.78 Å². The zero-order valence-corrected chi connectivity index (χ0v) is 7.72. The fourth-order valence-corrected chi connectivity index (χ4v) is 0.906. The molecule has 0 N–H and O–H groups in total. The highest BCUT2D eigenvalue weighted by Crippen LogP contribution is 2.20. The van der Waals surface area contributed by atoms with Crippen molar-refractivity contribution in [2.75, 3.05) is 6.61 Å². The van der Waals surface area contributed by atoms with Gasteiger partial charge in [0.15, 0.2) is 5.78 Å². The fourth-order valence-electron chi connectivity index (χ4n) is 0.906. The molecule has 0 aromatic carbocycles. The highest BCUT2D eigenvalue weighted by Gasteiger charge is 2.25. The molecule has 1 aliphatic rings. The van der Waals surface area contributed by atoms with E-state index in [4.69, 9.17) is 9.47 Å². The molecule has 0 saturated carbocycles. The summed E-state index contributed by atoms with van der Waals surface area (Å²) in [7, 11) is 0. The molecule has 0 radical (unpaired) electrons. The summed E-state index contributed by atoms with van der Waals surface area (Å²) >= 11 is 0. The molecule has 1 heterocycles. The number of hydrogen-bond acceptors (Lipinski definition) is 3. The van der Waals surface area contributed by atoms with E-state index in [2.05, 4.69) is 0 Å². The van der Waals surface area contributed by atoms with Gasteiger partial charge in [-0.2, -0.15) is 0 Å². The Morgan fingerprint density at radius 2 is 2.33 bits per heavy atom. The minimum absolute atomic E-state index is 0.0884. The summed E-state index contributed by atoms with van der Waals surface area (Å²) in [5.74, 6) is -0.497. The maximum Gasteiger partial charge on any atom is 0.204 e. The lowest BCUT2D eigenvalue weighted by molar-refractivity contribution is -0.189. The highest BCUT2D eigenvalue weighted by atomic mass is 16.7. The molecule has 0 spiro atoms. The summed E-state index contributed by atoms with van der Waals surface area (Å²) < 4.78 is 10.5. The Balaban J connectivity index is 2.62. The number of carbonyl (C=O) groups excluding carboxylic acids is 1. The molecule has 0 saturated heterocycles. The molecule has 1 aliphatic heterocycles. The van der Waals surface area contributed by atoms with Crippen molar-refractivity contribution in [2.45, 2.75) is 33.0 Å². The van der Waals surface area contributed by atoms with E-state index in [9.17, 15) is 4.79 Å². The van der Waals surface area contributed by atoms with Gasteiger partial charge in [0.25, 0.3) is 0 Å². The molecule has 0 amide bonds. The van der Waals surface area contributed by atoms with Crippen LogP contribution in [0.3, 0.4) is 0 Å². The predicted molar refractivity (Wildman–Crippen MR) is 44.5 cm³/mol. The van der Waals surface area contributed by atoms with Crippen LogP contribution in [0, 0.1) is 0 Å². The number of hydrogen-bond donors (Lipinski definition) is 0. The Kier molecular flexibility index (Phi) is 2.52. The lowest BCUT2D eigenvalue weighted by Gasteiger charge is -2.29. The first-order chi connectivity index (χ1) is 5.55. The van der Waals surface area contributed by atoms with E-state index in [1.54, 1.807) is 0 Å². The lowest BCUT2D eigenvalue weighted by Crippen LogP contribution is -2.32. The smallest absolute Gasteiger partial charge is 0.204 e. The fraction of sp³-hybridized carbons (Fsp3) is 0.667. The average molecular weight is 170 g/mol. The van der Waals surface area contributed by atoms with E-state index in [0.29, 0.717) is 18.6 Å². The molecule has 0 fully saturated rings. The van der Waals surface area contributed by atoms with E-state index >= 15 is 0 Å². The quantitative estimate of drug-likeness (QED) is 0.632. The zero-order valence-electron chi connectivity index (χ0n) is 7.72. The number of ketones is 1. The van der Waals surface area contributed by atoms with E-state index in [0.717, 1.165) is 0 Å². The SMILES string of the molecule is CCC(=O)C1=COC(C)(C)OC1. The van der Waals surface area contributed by atoms with Crippen LogP contribution in [-0.4, -0.2) is 18.2 Å². The second kappa shape index (κ2) is 3.27. The van der Waals surface area contributed by atoms with Crippen molar-refractivity contribution >= 4 is 5.78 Å². The maximum atomic E-state index is 11.1. The first kappa shape index (κ1) is 9.26. The minimum atomic E-state index is -0.586. The summed E-state index contributed by atoms with van der Waals surface area (Å²) in [4.78, 5) is 11.1. The second-order valence-electron chi connectivity index (χ2n) is 3.23. The summed E-state index contributed by atoms with van der Waals surface area (Å²) in [6, 6.07) is 0. The summed E-state index contributed by atoms with van der Waals surface area (Å²) in [6.07, 6.45) is 2.01. The Bertz CT molecular complexity index is 216. The molecule has 12 heavy (non-hydrogen) atoms. The number of carbonyl (C=O) groups is 1. The molecule has 3 heteroatoms. The molecule has 1 rings (SSSR count). The molecule has 0 bridgehead atoms. The lowest BCUT2D eigenvalue weighted by atomic mass is 10.1. The van der Waals surface area contributed by atoms with E-state index in [1.165, 1.54) is 6.26 Å². The second-order valence-corrected chi connectivity index (χ2v) is 3.23. The summed E-state index contributed by atoms with van der Waals surface area (Å²) in [5.41, 5.74) is 0.622. The van der Waals surface area contributed by atoms with Gasteiger partial charge in [0.05, 0.1) is 18.4 Å². The third-order valence-electron chi connectivity index (χ3n) is 1.74. The third kappa shape index (κ3) is 2.08. The van der Waals surface area contributed by atoms with Crippen molar-refractivity contribution in [3.05, 3.63) is 11.8 Å². The van der Waals surface area contributed by atoms with Gasteiger partial charge in [-0.1, -0.05) is 6.92 Å². The van der Waals surface area contributed by atoms with Crippen LogP contribution in [-0.2, 0) is 14.3 Å². The largest absolute Gasteiger partial charge is 0.470 e. The van der Waals surface area contributed by atoms with Crippen LogP contribution in [0.4, 0.5) is 0 Å². The maximum absolute atomic E-state index is 11.1. The number of ether oxygens (including phenoxy) is 2. The normalized spacial score (nSPS) is 21.1. The van der Waals surface area contributed by atoms with Gasteiger partial charge in [-0.3, -0.25) is 4.79 Å². The Hall–Kier alpha value is -0.830. The van der Waals surface area contributed by atoms with Crippen molar-refractivity contribution in [1.82, 2.24) is 0 Å². The van der Waals surface area contributed by atoms with Gasteiger partial charge in [-0.25, -0.2) is 0 Å². The molecule has 0 aromatic rings. The molecule has 68 valence electrons. The van der Waals surface area contributed by atoms with Crippen LogP contribution in [0.5, 0.6) is 0 Å². The van der Waals surface area contributed by atoms with Gasteiger partial charge < -0.3 is 9.47 Å². The van der Waals surface area contributed by atoms with Gasteiger partial charge in [0.1, 0.15) is 0 Å². The Morgan fingerprint density at radius 3 is 2.75 bits per heavy atom. The Labute approximate surface area is 72.4 Å². The molecule has 0 aliphatic carbocycles. The first-order valence-corrected chi connectivity index (χ1v) is 4.09. The van der Waals surface area contributed by atoms with Crippen LogP contribution < -0.4 is 0 Å². The van der Waals surface area contributed by atoms with Crippen LogP contribution >= 0.6 is 0 Å². The van der Waals surface area contributed by atoms with Crippen molar-refractivity contribution in [1.29, 1.82) is 0 Å². The van der Waals surface area contributed by atoms with Crippen molar-refractivity contribution < 1.29 is 14.3 Å². The third-order valence-corrected chi connectivity index (χ3v) is 1.74. The van der Waals surface area contributed by atoms with Crippen molar-refractivity contribution in [2.24, 2.45) is 0 Å². The molecule has 0 unspecified atom stereocenters. The van der Waals surface area contributed by atoms with Gasteiger partial charge in [0, 0.05) is 20.3 Å². The molecule has 0 aromatic heterocycles. The molecule has 0 atom stereocenters. The predicted octanol–water partition coefficient (Wildman–Crippen LogP) is 1.63. The minimum Gasteiger partial charge on any atom is -0.470 e. The van der Waals surface area contributed by atoms with Crippen molar-refractivity contribution in [3.8, 4) is 0 Å². The van der Waals surface area contributed by atoms with Gasteiger partial charge in [-0.05, 0) is 0 Å². The van der Waals surface area contributed by atoms with E-state index < -0.39 is 5.79 Å². The van der Waals surface area contributed by atoms with Gasteiger partial charge in [-0.15, -0.1) is 0 Å². The van der Waals surface area contributed by atoms with Gasteiger partial charge in [0.2, 0.25) is 5.79 Å². The summed E-state index contributed by atoms with van der Waals surface area (Å²) in [6.45, 7) is 5.82. The molecular formula is C9H14O3. The first-order valence-electron chi connectivity index (χ1n) is 4.09.